The molecule has 1 fully saturated rings. The van der Waals surface area contributed by atoms with Gasteiger partial charge in [0.2, 0.25) is 5.91 Å². The van der Waals surface area contributed by atoms with Gasteiger partial charge in [0, 0.05) is 18.8 Å². The van der Waals surface area contributed by atoms with Gasteiger partial charge in [-0.1, -0.05) is 19.3 Å². The van der Waals surface area contributed by atoms with Crippen molar-refractivity contribution in [3.8, 4) is 0 Å². The lowest BCUT2D eigenvalue weighted by atomic mass is 9.87. The first kappa shape index (κ1) is 12.8. The van der Waals surface area contributed by atoms with Gasteiger partial charge in [0.05, 0.1) is 0 Å². The van der Waals surface area contributed by atoms with Crippen LogP contribution in [0.5, 0.6) is 0 Å². The second-order valence-corrected chi connectivity index (χ2v) is 4.83. The van der Waals surface area contributed by atoms with Gasteiger partial charge >= 0.3 is 0 Å². The Labute approximate surface area is 97.8 Å². The molecule has 1 saturated carbocycles. The van der Waals surface area contributed by atoms with Crippen LogP contribution in [0.25, 0.3) is 0 Å². The fraction of sp³-hybridized carbons (Fsp3) is 0.917. The highest BCUT2D eigenvalue weighted by molar-refractivity contribution is 6.17. The van der Waals surface area contributed by atoms with Crippen molar-refractivity contribution in [3.05, 3.63) is 0 Å². The van der Waals surface area contributed by atoms with Crippen molar-refractivity contribution in [2.75, 3.05) is 12.4 Å². The van der Waals surface area contributed by atoms with Crippen LogP contribution in [0.2, 0.25) is 0 Å². The number of hydrogen-bond donors (Lipinski definition) is 1. The second-order valence-electron chi connectivity index (χ2n) is 4.45. The summed E-state index contributed by atoms with van der Waals surface area (Å²) in [5, 5.41) is 2.97. The third kappa shape index (κ3) is 6.03. The molecule has 0 atom stereocenters. The Hall–Kier alpha value is -0.240. The molecule has 1 N–H and O–H groups in total. The molecule has 0 saturated heterocycles. The number of alkyl halides is 1. The standard InChI is InChI=1S/C12H22ClNO/c13-8-4-5-9-14-12(15)10-11-6-2-1-3-7-11/h11H,1-10H2,(H,14,15). The van der Waals surface area contributed by atoms with Gasteiger partial charge in [-0.25, -0.2) is 0 Å². The van der Waals surface area contributed by atoms with E-state index in [-0.39, 0.29) is 5.91 Å². The minimum Gasteiger partial charge on any atom is -0.356 e. The third-order valence-corrected chi connectivity index (χ3v) is 3.35. The van der Waals surface area contributed by atoms with Gasteiger partial charge in [-0.15, -0.1) is 11.6 Å². The van der Waals surface area contributed by atoms with Crippen LogP contribution >= 0.6 is 11.6 Å². The fourth-order valence-corrected chi connectivity index (χ4v) is 2.36. The van der Waals surface area contributed by atoms with Gasteiger partial charge in [-0.05, 0) is 31.6 Å². The van der Waals surface area contributed by atoms with E-state index < -0.39 is 0 Å². The van der Waals surface area contributed by atoms with Crippen LogP contribution in [0, 0.1) is 5.92 Å². The van der Waals surface area contributed by atoms with Crippen LogP contribution in [0.1, 0.15) is 51.4 Å². The number of nitrogens with one attached hydrogen (secondary N) is 1. The maximum atomic E-state index is 11.5. The summed E-state index contributed by atoms with van der Waals surface area (Å²) in [5.41, 5.74) is 0. The van der Waals surface area contributed by atoms with E-state index in [0.29, 0.717) is 11.8 Å². The number of amides is 1. The predicted molar refractivity (Wildman–Crippen MR) is 64.2 cm³/mol. The number of halogens is 1. The Kier molecular flexibility index (Phi) is 6.82. The van der Waals surface area contributed by atoms with E-state index in [0.717, 1.165) is 25.8 Å². The van der Waals surface area contributed by atoms with Crippen molar-refractivity contribution in [1.82, 2.24) is 5.32 Å². The number of carbonyl (C=O) groups excluding carboxylic acids is 1. The molecule has 88 valence electrons. The van der Waals surface area contributed by atoms with Crippen molar-refractivity contribution >= 4 is 17.5 Å². The van der Waals surface area contributed by atoms with Gasteiger partial charge in [0.15, 0.2) is 0 Å². The number of carbonyl (C=O) groups is 1. The fourth-order valence-electron chi connectivity index (χ4n) is 2.17. The summed E-state index contributed by atoms with van der Waals surface area (Å²) in [7, 11) is 0. The zero-order valence-electron chi connectivity index (χ0n) is 9.43. The summed E-state index contributed by atoms with van der Waals surface area (Å²) >= 11 is 5.56. The number of hydrogen-bond acceptors (Lipinski definition) is 1. The zero-order valence-corrected chi connectivity index (χ0v) is 10.2. The van der Waals surface area contributed by atoms with E-state index in [1.165, 1.54) is 32.1 Å². The van der Waals surface area contributed by atoms with Crippen molar-refractivity contribution < 1.29 is 4.79 Å². The first-order chi connectivity index (χ1) is 7.33. The molecule has 2 nitrogen and oxygen atoms in total. The molecule has 15 heavy (non-hydrogen) atoms. The Balaban J connectivity index is 2.01. The van der Waals surface area contributed by atoms with Crippen molar-refractivity contribution in [1.29, 1.82) is 0 Å². The van der Waals surface area contributed by atoms with Gasteiger partial charge in [-0.2, -0.15) is 0 Å². The lowest BCUT2D eigenvalue weighted by molar-refractivity contribution is -0.122. The van der Waals surface area contributed by atoms with Crippen LogP contribution in [0.15, 0.2) is 0 Å². The van der Waals surface area contributed by atoms with E-state index in [1.807, 2.05) is 0 Å². The van der Waals surface area contributed by atoms with Gasteiger partial charge < -0.3 is 5.32 Å². The minimum absolute atomic E-state index is 0.233. The molecule has 0 aliphatic heterocycles. The molecule has 0 aromatic carbocycles. The van der Waals surface area contributed by atoms with Crippen LogP contribution in [0.3, 0.4) is 0 Å². The van der Waals surface area contributed by atoms with Crippen LogP contribution in [-0.2, 0) is 4.79 Å². The quantitative estimate of drug-likeness (QED) is 0.553. The van der Waals surface area contributed by atoms with E-state index in [4.69, 9.17) is 11.6 Å². The highest BCUT2D eigenvalue weighted by Gasteiger charge is 2.16. The molecule has 0 unspecified atom stereocenters. The average Bonchev–Trinajstić information content (AvgIpc) is 2.26. The monoisotopic (exact) mass is 231 g/mol. The molecule has 0 heterocycles. The molecule has 1 rings (SSSR count). The summed E-state index contributed by atoms with van der Waals surface area (Å²) in [5.74, 6) is 1.57. The Morgan fingerprint density at radius 1 is 1.20 bits per heavy atom. The van der Waals surface area contributed by atoms with Crippen LogP contribution in [-0.4, -0.2) is 18.3 Å². The van der Waals surface area contributed by atoms with Gasteiger partial charge in [-0.3, -0.25) is 4.79 Å². The van der Waals surface area contributed by atoms with E-state index in [2.05, 4.69) is 5.32 Å². The summed E-state index contributed by atoms with van der Waals surface area (Å²) in [6.07, 6.45) is 9.19. The average molecular weight is 232 g/mol. The number of rotatable bonds is 6. The normalized spacial score (nSPS) is 17.7. The van der Waals surface area contributed by atoms with Gasteiger partial charge in [0.25, 0.3) is 0 Å². The number of unbranched alkanes of at least 4 members (excludes halogenated alkanes) is 1. The molecular weight excluding hydrogens is 210 g/mol. The highest BCUT2D eigenvalue weighted by Crippen LogP contribution is 2.25. The summed E-state index contributed by atoms with van der Waals surface area (Å²) < 4.78 is 0. The largest absolute Gasteiger partial charge is 0.356 e. The first-order valence-electron chi connectivity index (χ1n) is 6.15. The SMILES string of the molecule is O=C(CC1CCCCC1)NCCCCCl. The smallest absolute Gasteiger partial charge is 0.220 e. The predicted octanol–water partition coefficient (Wildman–Crippen LogP) is 3.09. The lowest BCUT2D eigenvalue weighted by Gasteiger charge is -2.20. The Morgan fingerprint density at radius 2 is 1.93 bits per heavy atom. The van der Waals surface area contributed by atoms with Crippen LogP contribution in [0.4, 0.5) is 0 Å². The molecule has 3 heteroatoms. The van der Waals surface area contributed by atoms with Crippen molar-refractivity contribution in [3.63, 3.8) is 0 Å². The highest BCUT2D eigenvalue weighted by atomic mass is 35.5. The van der Waals surface area contributed by atoms with Crippen molar-refractivity contribution in [2.24, 2.45) is 5.92 Å². The van der Waals surface area contributed by atoms with E-state index in [1.54, 1.807) is 0 Å². The summed E-state index contributed by atoms with van der Waals surface area (Å²) in [6, 6.07) is 0. The Morgan fingerprint density at radius 3 is 2.60 bits per heavy atom. The molecule has 1 aliphatic rings. The molecule has 0 spiro atoms. The molecule has 1 aliphatic carbocycles. The maximum Gasteiger partial charge on any atom is 0.220 e. The molecule has 0 radical (unpaired) electrons. The topological polar surface area (TPSA) is 29.1 Å². The molecular formula is C12H22ClNO. The van der Waals surface area contributed by atoms with E-state index in [9.17, 15) is 4.79 Å². The summed E-state index contributed by atoms with van der Waals surface area (Å²) in [4.78, 5) is 11.5. The van der Waals surface area contributed by atoms with Crippen molar-refractivity contribution in [2.45, 2.75) is 51.4 Å². The first-order valence-corrected chi connectivity index (χ1v) is 6.69. The Bertz CT molecular complexity index is 178. The summed E-state index contributed by atoms with van der Waals surface area (Å²) in [6.45, 7) is 0.790. The lowest BCUT2D eigenvalue weighted by Crippen LogP contribution is -2.27. The van der Waals surface area contributed by atoms with Gasteiger partial charge in [0.1, 0.15) is 0 Å². The third-order valence-electron chi connectivity index (χ3n) is 3.08. The second kappa shape index (κ2) is 7.98. The molecule has 0 aromatic heterocycles. The van der Waals surface area contributed by atoms with Crippen LogP contribution < -0.4 is 5.32 Å². The maximum absolute atomic E-state index is 11.5. The van der Waals surface area contributed by atoms with E-state index >= 15 is 0 Å². The molecule has 1 amide bonds. The minimum atomic E-state index is 0.233. The molecule has 0 aromatic rings. The zero-order chi connectivity index (χ0) is 10.9. The molecule has 0 bridgehead atoms.